The summed E-state index contributed by atoms with van der Waals surface area (Å²) in [5.74, 6) is 0.990. The van der Waals surface area contributed by atoms with Gasteiger partial charge in [-0.2, -0.15) is 0 Å². The number of hydrogen-bond acceptors (Lipinski definition) is 3. The van der Waals surface area contributed by atoms with Crippen LogP contribution in [-0.4, -0.2) is 25.0 Å². The van der Waals surface area contributed by atoms with Gasteiger partial charge in [0.2, 0.25) is 0 Å². The molecule has 1 aliphatic rings. The van der Waals surface area contributed by atoms with E-state index >= 15 is 0 Å². The summed E-state index contributed by atoms with van der Waals surface area (Å²) in [6.07, 6.45) is 3.05. The molecule has 0 saturated heterocycles. The molecule has 2 nitrogen and oxygen atoms in total. The van der Waals surface area contributed by atoms with Gasteiger partial charge >= 0.3 is 0 Å². The molecule has 0 amide bonds. The van der Waals surface area contributed by atoms with Crippen LogP contribution in [0.3, 0.4) is 0 Å². The maximum Gasteiger partial charge on any atom is 0.122 e. The molecular weight excluding hydrogens is 194 g/mol. The van der Waals surface area contributed by atoms with E-state index in [9.17, 15) is 0 Å². The largest absolute Gasteiger partial charge is 0.496 e. The van der Waals surface area contributed by atoms with Gasteiger partial charge in [0, 0.05) is 17.7 Å². The van der Waals surface area contributed by atoms with Crippen LogP contribution >= 0.6 is 11.8 Å². The van der Waals surface area contributed by atoms with E-state index in [1.165, 1.54) is 11.1 Å². The second kappa shape index (κ2) is 4.05. The Kier molecular flexibility index (Phi) is 2.77. The normalized spacial score (nSPS) is 14.6. The first-order valence-corrected chi connectivity index (χ1v) is 5.84. The molecule has 1 aromatic carbocycles. The first-order chi connectivity index (χ1) is 6.86. The van der Waals surface area contributed by atoms with E-state index in [1.807, 2.05) is 12.1 Å². The van der Waals surface area contributed by atoms with Gasteiger partial charge in [-0.1, -0.05) is 12.1 Å². The Morgan fingerprint density at radius 2 is 2.29 bits per heavy atom. The molecule has 0 fully saturated rings. The van der Waals surface area contributed by atoms with Crippen LogP contribution in [0.1, 0.15) is 11.1 Å². The summed E-state index contributed by atoms with van der Waals surface area (Å²) in [6.45, 7) is 0.879. The van der Waals surface area contributed by atoms with Gasteiger partial charge in [0.15, 0.2) is 0 Å². The summed E-state index contributed by atoms with van der Waals surface area (Å²) < 4.78 is 5.34. The molecule has 0 saturated carbocycles. The summed E-state index contributed by atoms with van der Waals surface area (Å²) >= 11 is 1.70. The van der Waals surface area contributed by atoms with Crippen LogP contribution in [0.2, 0.25) is 0 Å². The first kappa shape index (κ1) is 9.59. The Bertz CT molecular complexity index is 374. The third kappa shape index (κ3) is 1.52. The lowest BCUT2D eigenvalue weighted by atomic mass is 10.0. The average Bonchev–Trinajstić information content (AvgIpc) is 2.27. The molecule has 0 radical (unpaired) electrons. The minimum atomic E-state index is 0.879. The molecule has 1 aliphatic heterocycles. The zero-order valence-electron chi connectivity index (χ0n) is 8.41. The molecule has 2 rings (SSSR count). The quantitative estimate of drug-likeness (QED) is 0.705. The molecule has 1 heterocycles. The average molecular weight is 207 g/mol. The molecule has 3 heteroatoms. The highest BCUT2D eigenvalue weighted by molar-refractivity contribution is 8.13. The van der Waals surface area contributed by atoms with Crippen molar-refractivity contribution in [2.24, 2.45) is 4.99 Å². The van der Waals surface area contributed by atoms with Gasteiger partial charge in [-0.25, -0.2) is 0 Å². The Balaban J connectivity index is 2.52. The van der Waals surface area contributed by atoms with Gasteiger partial charge < -0.3 is 4.74 Å². The highest BCUT2D eigenvalue weighted by Gasteiger charge is 2.16. The molecule has 74 valence electrons. The topological polar surface area (TPSA) is 21.6 Å². The molecule has 0 bridgehead atoms. The van der Waals surface area contributed by atoms with Crippen LogP contribution in [0.25, 0.3) is 0 Å². The summed E-state index contributed by atoms with van der Waals surface area (Å²) in [6, 6.07) is 6.16. The zero-order valence-corrected chi connectivity index (χ0v) is 9.23. The van der Waals surface area contributed by atoms with Gasteiger partial charge in [0.25, 0.3) is 0 Å². The summed E-state index contributed by atoms with van der Waals surface area (Å²) in [5, 5.41) is 1.13. The predicted molar refractivity (Wildman–Crippen MR) is 61.6 cm³/mol. The Morgan fingerprint density at radius 1 is 1.43 bits per heavy atom. The molecular formula is C11H13NOS. The van der Waals surface area contributed by atoms with Crippen molar-refractivity contribution < 1.29 is 4.74 Å². The molecule has 0 atom stereocenters. The number of ether oxygens (including phenoxy) is 1. The lowest BCUT2D eigenvalue weighted by molar-refractivity contribution is 0.409. The number of aliphatic imine (C=N–C) groups is 1. The van der Waals surface area contributed by atoms with E-state index in [2.05, 4.69) is 17.3 Å². The number of thioether (sulfide) groups is 1. The number of benzene rings is 1. The lowest BCUT2D eigenvalue weighted by Crippen LogP contribution is -2.10. The second-order valence-corrected chi connectivity index (χ2v) is 3.92. The fourth-order valence-electron chi connectivity index (χ4n) is 1.74. The molecule has 0 N–H and O–H groups in total. The van der Waals surface area contributed by atoms with Crippen LogP contribution in [0.4, 0.5) is 0 Å². The van der Waals surface area contributed by atoms with Gasteiger partial charge in [0.1, 0.15) is 5.75 Å². The van der Waals surface area contributed by atoms with E-state index in [-0.39, 0.29) is 0 Å². The number of rotatable bonds is 1. The van der Waals surface area contributed by atoms with Crippen LogP contribution in [0, 0.1) is 0 Å². The number of hydrogen-bond donors (Lipinski definition) is 0. The maximum atomic E-state index is 5.34. The fraction of sp³-hybridized carbons (Fsp3) is 0.364. The van der Waals surface area contributed by atoms with E-state index in [4.69, 9.17) is 4.74 Å². The predicted octanol–water partition coefficient (Wildman–Crippen LogP) is 2.36. The molecule has 0 aromatic heterocycles. The Hall–Kier alpha value is -0.960. The lowest BCUT2D eigenvalue weighted by Gasteiger charge is -2.17. The third-order valence-electron chi connectivity index (χ3n) is 2.39. The Labute approximate surface area is 88.4 Å². The van der Waals surface area contributed by atoms with E-state index in [1.54, 1.807) is 18.9 Å². The minimum Gasteiger partial charge on any atom is -0.496 e. The molecule has 14 heavy (non-hydrogen) atoms. The second-order valence-electron chi connectivity index (χ2n) is 3.13. The van der Waals surface area contributed by atoms with Crippen LogP contribution in [0.5, 0.6) is 5.75 Å². The van der Waals surface area contributed by atoms with Crippen molar-refractivity contribution in [2.45, 2.75) is 6.42 Å². The summed E-state index contributed by atoms with van der Waals surface area (Å²) in [4.78, 5) is 4.49. The van der Waals surface area contributed by atoms with Crippen LogP contribution < -0.4 is 4.74 Å². The van der Waals surface area contributed by atoms with Crippen LogP contribution in [0.15, 0.2) is 23.2 Å². The molecule has 1 aromatic rings. The van der Waals surface area contributed by atoms with Crippen LogP contribution in [-0.2, 0) is 6.42 Å². The standard InChI is InChI=1S/C11H13NOS/c1-13-10-5-3-4-9-8(10)6-7-12-11(9)14-2/h3-5H,6-7H2,1-2H3. The van der Waals surface area contributed by atoms with E-state index in [0.29, 0.717) is 0 Å². The number of nitrogens with zero attached hydrogens (tertiary/aromatic N) is 1. The first-order valence-electron chi connectivity index (χ1n) is 4.61. The Morgan fingerprint density at radius 3 is 3.00 bits per heavy atom. The smallest absolute Gasteiger partial charge is 0.122 e. The van der Waals surface area contributed by atoms with Crippen molar-refractivity contribution in [1.82, 2.24) is 0 Å². The molecule has 0 spiro atoms. The third-order valence-corrected chi connectivity index (χ3v) is 3.13. The zero-order chi connectivity index (χ0) is 9.97. The van der Waals surface area contributed by atoms with E-state index < -0.39 is 0 Å². The number of methoxy groups -OCH3 is 1. The SMILES string of the molecule is COc1cccc2c1CCN=C2SC. The maximum absolute atomic E-state index is 5.34. The van der Waals surface area contributed by atoms with Gasteiger partial charge in [-0.3, -0.25) is 4.99 Å². The summed E-state index contributed by atoms with van der Waals surface area (Å²) in [7, 11) is 1.72. The highest BCUT2D eigenvalue weighted by atomic mass is 32.2. The van der Waals surface area contributed by atoms with Crippen molar-refractivity contribution in [2.75, 3.05) is 19.9 Å². The number of fused-ring (bicyclic) bond motifs is 1. The van der Waals surface area contributed by atoms with Gasteiger partial charge in [-0.15, -0.1) is 11.8 Å². The van der Waals surface area contributed by atoms with Crippen molar-refractivity contribution >= 4 is 16.8 Å². The fourth-order valence-corrected chi connectivity index (χ4v) is 2.38. The molecule has 0 unspecified atom stereocenters. The summed E-state index contributed by atoms with van der Waals surface area (Å²) in [5.41, 5.74) is 2.54. The molecule has 0 aliphatic carbocycles. The minimum absolute atomic E-state index is 0.879. The van der Waals surface area contributed by atoms with Gasteiger partial charge in [0.05, 0.1) is 12.2 Å². The van der Waals surface area contributed by atoms with Crippen molar-refractivity contribution in [3.63, 3.8) is 0 Å². The monoisotopic (exact) mass is 207 g/mol. The van der Waals surface area contributed by atoms with Gasteiger partial charge in [-0.05, 0) is 18.7 Å². The van der Waals surface area contributed by atoms with E-state index in [0.717, 1.165) is 23.8 Å². The van der Waals surface area contributed by atoms with Crippen molar-refractivity contribution in [3.05, 3.63) is 29.3 Å². The van der Waals surface area contributed by atoms with Crippen molar-refractivity contribution in [3.8, 4) is 5.75 Å². The highest BCUT2D eigenvalue weighted by Crippen LogP contribution is 2.28. The van der Waals surface area contributed by atoms with Crippen molar-refractivity contribution in [1.29, 1.82) is 0 Å².